The Kier molecular flexibility index (Phi) is 7.58. The summed E-state index contributed by atoms with van der Waals surface area (Å²) < 4.78 is 41.1. The Morgan fingerprint density at radius 1 is 1.26 bits per heavy atom. The van der Waals surface area contributed by atoms with E-state index in [9.17, 15) is 17.6 Å². The van der Waals surface area contributed by atoms with E-state index in [4.69, 9.17) is 11.6 Å². The van der Waals surface area contributed by atoms with Gasteiger partial charge in [-0.3, -0.25) is 9.69 Å². The molecule has 0 aliphatic carbocycles. The molecule has 0 radical (unpaired) electrons. The van der Waals surface area contributed by atoms with Crippen molar-refractivity contribution in [2.24, 2.45) is 0 Å². The zero-order valence-corrected chi connectivity index (χ0v) is 17.4. The van der Waals surface area contributed by atoms with Gasteiger partial charge < -0.3 is 5.32 Å². The summed E-state index contributed by atoms with van der Waals surface area (Å²) in [5.74, 6) is -0.750. The molecule has 1 amide bonds. The van der Waals surface area contributed by atoms with Crippen LogP contribution in [0.4, 0.5) is 10.1 Å². The number of carbonyl (C=O) groups excluding carboxylic acids is 1. The van der Waals surface area contributed by atoms with E-state index in [0.717, 1.165) is 6.07 Å². The van der Waals surface area contributed by atoms with Gasteiger partial charge in [0.1, 0.15) is 5.82 Å². The predicted molar refractivity (Wildman–Crippen MR) is 104 cm³/mol. The molecule has 27 heavy (non-hydrogen) atoms. The second-order valence-electron chi connectivity index (χ2n) is 6.32. The maximum absolute atomic E-state index is 13.1. The first-order valence-electron chi connectivity index (χ1n) is 8.95. The molecule has 1 aliphatic heterocycles. The quantitative estimate of drug-likeness (QED) is 0.732. The van der Waals surface area contributed by atoms with Crippen molar-refractivity contribution in [1.29, 1.82) is 0 Å². The van der Waals surface area contributed by atoms with Gasteiger partial charge in [0.05, 0.1) is 16.8 Å². The standard InChI is InChI=1S/C17H26ClFN4O3S/c1-4-22(5-2)27(25,26)23-10-8-21(9-11-23)13(3)17(24)20-16-7-6-14(19)12-15(16)18/h6-7,12-13H,4-5,8-11H2,1-3H3,(H,20,24)/t13-/m1/s1. The highest BCUT2D eigenvalue weighted by Gasteiger charge is 2.33. The number of piperazine rings is 1. The van der Waals surface area contributed by atoms with Crippen LogP contribution < -0.4 is 5.32 Å². The number of rotatable bonds is 7. The minimum atomic E-state index is -3.47. The fraction of sp³-hybridized carbons (Fsp3) is 0.588. The van der Waals surface area contributed by atoms with Gasteiger partial charge in [0.2, 0.25) is 5.91 Å². The lowest BCUT2D eigenvalue weighted by atomic mass is 10.2. The molecule has 1 saturated heterocycles. The molecule has 1 fully saturated rings. The number of benzene rings is 1. The Bertz CT molecular complexity index is 765. The Labute approximate surface area is 165 Å². The average Bonchev–Trinajstić information content (AvgIpc) is 2.64. The number of halogens is 2. The van der Waals surface area contributed by atoms with Crippen molar-refractivity contribution < 1.29 is 17.6 Å². The van der Waals surface area contributed by atoms with Crippen LogP contribution in [0.3, 0.4) is 0 Å². The van der Waals surface area contributed by atoms with Gasteiger partial charge in [0.25, 0.3) is 10.2 Å². The van der Waals surface area contributed by atoms with Crippen LogP contribution in [0.1, 0.15) is 20.8 Å². The van der Waals surface area contributed by atoms with Crippen molar-refractivity contribution in [3.8, 4) is 0 Å². The molecule has 1 heterocycles. The molecule has 0 bridgehead atoms. The molecule has 1 N–H and O–H groups in total. The van der Waals surface area contributed by atoms with Crippen molar-refractivity contribution >= 4 is 33.4 Å². The van der Waals surface area contributed by atoms with Gasteiger partial charge in [-0.2, -0.15) is 17.0 Å². The number of carbonyl (C=O) groups is 1. The highest BCUT2D eigenvalue weighted by Crippen LogP contribution is 2.23. The molecule has 0 spiro atoms. The maximum Gasteiger partial charge on any atom is 0.282 e. The molecule has 1 aliphatic rings. The van der Waals surface area contributed by atoms with Crippen LogP contribution in [0.5, 0.6) is 0 Å². The van der Waals surface area contributed by atoms with E-state index in [1.54, 1.807) is 6.92 Å². The molecule has 0 saturated carbocycles. The van der Waals surface area contributed by atoms with E-state index in [2.05, 4.69) is 5.32 Å². The molecule has 0 unspecified atom stereocenters. The van der Waals surface area contributed by atoms with Crippen LogP contribution in [-0.4, -0.2) is 73.1 Å². The fourth-order valence-corrected chi connectivity index (χ4v) is 4.85. The number of anilines is 1. The third kappa shape index (κ3) is 5.17. The summed E-state index contributed by atoms with van der Waals surface area (Å²) >= 11 is 5.94. The van der Waals surface area contributed by atoms with Crippen LogP contribution >= 0.6 is 11.6 Å². The minimum Gasteiger partial charge on any atom is -0.323 e. The van der Waals surface area contributed by atoms with Crippen molar-refractivity contribution in [3.63, 3.8) is 0 Å². The maximum atomic E-state index is 13.1. The highest BCUT2D eigenvalue weighted by molar-refractivity contribution is 7.86. The minimum absolute atomic E-state index is 0.130. The van der Waals surface area contributed by atoms with Crippen molar-refractivity contribution in [3.05, 3.63) is 29.0 Å². The number of hydrogen-bond donors (Lipinski definition) is 1. The van der Waals surface area contributed by atoms with Crippen LogP contribution in [0.25, 0.3) is 0 Å². The van der Waals surface area contributed by atoms with Gasteiger partial charge in [-0.15, -0.1) is 0 Å². The molecule has 2 rings (SSSR count). The molecule has 1 aromatic carbocycles. The summed E-state index contributed by atoms with van der Waals surface area (Å²) in [4.78, 5) is 14.4. The molecule has 152 valence electrons. The number of amides is 1. The second kappa shape index (κ2) is 9.29. The smallest absolute Gasteiger partial charge is 0.282 e. The Morgan fingerprint density at radius 2 is 1.85 bits per heavy atom. The van der Waals surface area contributed by atoms with Crippen molar-refractivity contribution in [2.75, 3.05) is 44.6 Å². The molecular formula is C17H26ClFN4O3S. The summed E-state index contributed by atoms with van der Waals surface area (Å²) in [6, 6.07) is 3.31. The predicted octanol–water partition coefficient (Wildman–Crippen LogP) is 2.01. The van der Waals surface area contributed by atoms with E-state index < -0.39 is 22.1 Å². The fourth-order valence-electron chi connectivity index (χ4n) is 3.03. The van der Waals surface area contributed by atoms with E-state index in [1.165, 1.54) is 20.7 Å². The summed E-state index contributed by atoms with van der Waals surface area (Å²) in [5, 5.41) is 2.82. The summed E-state index contributed by atoms with van der Waals surface area (Å²) in [6.07, 6.45) is 0. The lowest BCUT2D eigenvalue weighted by molar-refractivity contribution is -0.121. The lowest BCUT2D eigenvalue weighted by Gasteiger charge is -2.38. The molecule has 1 aromatic rings. The Balaban J connectivity index is 1.96. The topological polar surface area (TPSA) is 73.0 Å². The van der Waals surface area contributed by atoms with Crippen LogP contribution in [0.2, 0.25) is 5.02 Å². The summed E-state index contributed by atoms with van der Waals surface area (Å²) in [7, 11) is -3.47. The third-order valence-electron chi connectivity index (χ3n) is 4.75. The third-order valence-corrected chi connectivity index (χ3v) is 7.25. The lowest BCUT2D eigenvalue weighted by Crippen LogP contribution is -2.56. The molecule has 0 aromatic heterocycles. The first kappa shape index (κ1) is 22.0. The molecular weight excluding hydrogens is 395 g/mol. The highest BCUT2D eigenvalue weighted by atomic mass is 35.5. The normalized spacial score (nSPS) is 17.9. The van der Waals surface area contributed by atoms with Gasteiger partial charge in [-0.1, -0.05) is 25.4 Å². The monoisotopic (exact) mass is 420 g/mol. The summed E-state index contributed by atoms with van der Waals surface area (Å²) in [5.41, 5.74) is 0.345. The van der Waals surface area contributed by atoms with Crippen LogP contribution in [-0.2, 0) is 15.0 Å². The van der Waals surface area contributed by atoms with Crippen molar-refractivity contribution in [2.45, 2.75) is 26.8 Å². The van der Waals surface area contributed by atoms with Crippen LogP contribution in [0, 0.1) is 5.82 Å². The number of nitrogens with zero attached hydrogens (tertiary/aromatic N) is 3. The molecule has 10 heteroatoms. The van der Waals surface area contributed by atoms with Gasteiger partial charge in [-0.25, -0.2) is 4.39 Å². The van der Waals surface area contributed by atoms with E-state index in [-0.39, 0.29) is 10.9 Å². The van der Waals surface area contributed by atoms with Gasteiger partial charge in [0, 0.05) is 39.3 Å². The van der Waals surface area contributed by atoms with Gasteiger partial charge in [-0.05, 0) is 25.1 Å². The zero-order chi connectivity index (χ0) is 20.2. The second-order valence-corrected chi connectivity index (χ2v) is 8.65. The zero-order valence-electron chi connectivity index (χ0n) is 15.8. The number of nitrogens with one attached hydrogen (secondary N) is 1. The largest absolute Gasteiger partial charge is 0.323 e. The van der Waals surface area contributed by atoms with Crippen molar-refractivity contribution in [1.82, 2.24) is 13.5 Å². The first-order chi connectivity index (χ1) is 12.7. The van der Waals surface area contributed by atoms with Gasteiger partial charge in [0.15, 0.2) is 0 Å². The van der Waals surface area contributed by atoms with E-state index >= 15 is 0 Å². The van der Waals surface area contributed by atoms with E-state index in [0.29, 0.717) is 45.0 Å². The Morgan fingerprint density at radius 3 is 2.37 bits per heavy atom. The first-order valence-corrected chi connectivity index (χ1v) is 10.7. The molecule has 7 nitrogen and oxygen atoms in total. The summed E-state index contributed by atoms with van der Waals surface area (Å²) in [6.45, 7) is 7.78. The van der Waals surface area contributed by atoms with E-state index in [1.807, 2.05) is 18.7 Å². The number of hydrogen-bond acceptors (Lipinski definition) is 4. The average molecular weight is 421 g/mol. The van der Waals surface area contributed by atoms with Crippen LogP contribution in [0.15, 0.2) is 18.2 Å². The van der Waals surface area contributed by atoms with Gasteiger partial charge >= 0.3 is 0 Å². The Hall–Kier alpha value is -1.26. The molecule has 1 atom stereocenters. The SMILES string of the molecule is CCN(CC)S(=O)(=O)N1CCN([C@H](C)C(=O)Nc2ccc(F)cc2Cl)CC1.